The van der Waals surface area contributed by atoms with Gasteiger partial charge < -0.3 is 10.2 Å². The molecule has 0 amide bonds. The fourth-order valence-corrected chi connectivity index (χ4v) is 3.65. The van der Waals surface area contributed by atoms with Crippen LogP contribution >= 0.6 is 0 Å². The number of furan rings is 1. The minimum Gasteiger partial charge on any atom is -0.469 e. The summed E-state index contributed by atoms with van der Waals surface area (Å²) in [4.78, 5) is 0. The Bertz CT molecular complexity index is 766. The Morgan fingerprint density at radius 2 is 2.05 bits per heavy atom. The van der Waals surface area contributed by atoms with Gasteiger partial charge in [0.1, 0.15) is 11.8 Å². The molecule has 108 valence electrons. The van der Waals surface area contributed by atoms with Gasteiger partial charge in [-0.15, -0.1) is 0 Å². The smallest absolute Gasteiger partial charge is 0.194 e. The molecule has 1 aromatic heterocycles. The molecule has 0 aromatic carbocycles. The van der Waals surface area contributed by atoms with Crippen LogP contribution in [0.15, 0.2) is 45.7 Å². The molecule has 2 atom stereocenters. The minimum absolute atomic E-state index is 0.0470. The third-order valence-corrected chi connectivity index (χ3v) is 4.65. The molecule has 0 spiro atoms. The molecule has 0 radical (unpaired) electrons. The van der Waals surface area contributed by atoms with Crippen molar-refractivity contribution in [1.29, 1.82) is 15.8 Å². The fraction of sp³-hybridized carbons (Fsp3) is 0.353. The molecule has 2 aliphatic rings. The molecule has 2 N–H and O–H groups in total. The van der Waals surface area contributed by atoms with Crippen LogP contribution in [-0.4, -0.2) is 0 Å². The molecule has 0 fully saturated rings. The van der Waals surface area contributed by atoms with Crippen LogP contribution in [0.2, 0.25) is 0 Å². The van der Waals surface area contributed by atoms with Crippen LogP contribution in [0, 0.1) is 45.3 Å². The Morgan fingerprint density at radius 3 is 2.64 bits per heavy atom. The second-order valence-electron chi connectivity index (χ2n) is 5.62. The van der Waals surface area contributed by atoms with Crippen molar-refractivity contribution in [2.45, 2.75) is 25.2 Å². The maximum absolute atomic E-state index is 9.73. The molecular weight excluding hydrogens is 276 g/mol. The Hall–Kier alpha value is -2.97. The molecule has 22 heavy (non-hydrogen) atoms. The molecular formula is C17H14N4O. The van der Waals surface area contributed by atoms with E-state index >= 15 is 0 Å². The van der Waals surface area contributed by atoms with Crippen molar-refractivity contribution in [3.05, 3.63) is 47.1 Å². The Balaban J connectivity index is 2.33. The van der Waals surface area contributed by atoms with Crippen molar-refractivity contribution < 1.29 is 4.42 Å². The largest absolute Gasteiger partial charge is 0.469 e. The van der Waals surface area contributed by atoms with Crippen molar-refractivity contribution in [3.8, 4) is 18.2 Å². The molecule has 0 unspecified atom stereocenters. The Labute approximate surface area is 128 Å². The summed E-state index contributed by atoms with van der Waals surface area (Å²) in [6.07, 6.45) is 6.17. The van der Waals surface area contributed by atoms with E-state index in [4.69, 9.17) is 10.2 Å². The van der Waals surface area contributed by atoms with Crippen molar-refractivity contribution in [2.75, 3.05) is 0 Å². The van der Waals surface area contributed by atoms with Gasteiger partial charge in [0, 0.05) is 0 Å². The number of hydrogen-bond acceptors (Lipinski definition) is 5. The van der Waals surface area contributed by atoms with E-state index in [0.29, 0.717) is 5.76 Å². The topological polar surface area (TPSA) is 111 Å². The molecule has 5 nitrogen and oxygen atoms in total. The summed E-state index contributed by atoms with van der Waals surface area (Å²) < 4.78 is 5.51. The molecule has 1 aromatic rings. The van der Waals surface area contributed by atoms with Gasteiger partial charge in [-0.3, -0.25) is 0 Å². The van der Waals surface area contributed by atoms with Gasteiger partial charge in [-0.05, 0) is 42.9 Å². The van der Waals surface area contributed by atoms with E-state index in [1.165, 1.54) is 6.26 Å². The lowest BCUT2D eigenvalue weighted by Crippen LogP contribution is -2.42. The fourth-order valence-electron chi connectivity index (χ4n) is 3.65. The van der Waals surface area contributed by atoms with Crippen molar-refractivity contribution >= 4 is 0 Å². The third-order valence-electron chi connectivity index (χ3n) is 4.65. The number of nitriles is 3. The first-order chi connectivity index (χ1) is 10.7. The first-order valence-electron chi connectivity index (χ1n) is 7.16. The molecule has 0 bridgehead atoms. The minimum atomic E-state index is -1.57. The van der Waals surface area contributed by atoms with Gasteiger partial charge in [-0.1, -0.05) is 6.08 Å². The highest BCUT2D eigenvalue weighted by Crippen LogP contribution is 2.55. The van der Waals surface area contributed by atoms with Crippen LogP contribution < -0.4 is 5.73 Å². The molecule has 2 aliphatic carbocycles. The average molecular weight is 290 g/mol. The maximum atomic E-state index is 9.73. The predicted octanol–water partition coefficient (Wildman–Crippen LogP) is 2.87. The van der Waals surface area contributed by atoms with Crippen LogP contribution in [0.25, 0.3) is 0 Å². The monoisotopic (exact) mass is 290 g/mol. The number of allylic oxidation sites excluding steroid dienone is 4. The van der Waals surface area contributed by atoms with Gasteiger partial charge in [0.2, 0.25) is 0 Å². The zero-order valence-corrected chi connectivity index (χ0v) is 11.9. The van der Waals surface area contributed by atoms with Gasteiger partial charge in [0.25, 0.3) is 0 Å². The SMILES string of the molecule is N#CC1=C(N)C(C#N)(C#N)[C@H](c2ccco2)[C@@H]2CCCC=C12. The summed E-state index contributed by atoms with van der Waals surface area (Å²) in [5.74, 6) is -0.0110. The van der Waals surface area contributed by atoms with E-state index in [-0.39, 0.29) is 17.2 Å². The number of fused-ring (bicyclic) bond motifs is 1. The second kappa shape index (κ2) is 5.10. The van der Waals surface area contributed by atoms with Gasteiger partial charge in [-0.25, -0.2) is 0 Å². The van der Waals surface area contributed by atoms with Crippen LogP contribution in [0.5, 0.6) is 0 Å². The first-order valence-corrected chi connectivity index (χ1v) is 7.16. The third kappa shape index (κ3) is 1.68. The van der Waals surface area contributed by atoms with Crippen LogP contribution in [0.4, 0.5) is 0 Å². The summed E-state index contributed by atoms with van der Waals surface area (Å²) in [5, 5.41) is 28.9. The van der Waals surface area contributed by atoms with E-state index in [1.807, 2.05) is 6.08 Å². The number of hydrogen-bond donors (Lipinski definition) is 1. The zero-order chi connectivity index (χ0) is 15.7. The number of rotatable bonds is 1. The van der Waals surface area contributed by atoms with Crippen LogP contribution in [-0.2, 0) is 0 Å². The number of nitrogens with two attached hydrogens (primary N) is 1. The van der Waals surface area contributed by atoms with E-state index in [2.05, 4.69) is 18.2 Å². The normalized spacial score (nSPS) is 26.1. The van der Waals surface area contributed by atoms with Crippen LogP contribution in [0.1, 0.15) is 30.9 Å². The Kier molecular flexibility index (Phi) is 3.24. The van der Waals surface area contributed by atoms with Gasteiger partial charge >= 0.3 is 0 Å². The highest BCUT2D eigenvalue weighted by molar-refractivity contribution is 5.58. The Morgan fingerprint density at radius 1 is 1.27 bits per heavy atom. The zero-order valence-electron chi connectivity index (χ0n) is 11.9. The predicted molar refractivity (Wildman–Crippen MR) is 77.4 cm³/mol. The standard InChI is InChI=1S/C17H14N4O/c18-8-13-11-4-1-2-5-12(11)15(14-6-3-7-22-14)17(9-19,10-20)16(13)21/h3-4,6-7,12,15H,1-2,5,21H2/t12-,15+/m1/s1. The quantitative estimate of drug-likeness (QED) is 0.854. The number of nitrogens with zero attached hydrogens (tertiary/aromatic N) is 3. The highest BCUT2D eigenvalue weighted by atomic mass is 16.3. The molecule has 3 rings (SSSR count). The molecule has 5 heteroatoms. The lowest BCUT2D eigenvalue weighted by atomic mass is 9.58. The van der Waals surface area contributed by atoms with E-state index in [0.717, 1.165) is 24.8 Å². The second-order valence-corrected chi connectivity index (χ2v) is 5.62. The molecule has 0 aliphatic heterocycles. The average Bonchev–Trinajstić information content (AvgIpc) is 3.08. The summed E-state index contributed by atoms with van der Waals surface area (Å²) in [5.41, 5.74) is 5.75. The molecule has 0 saturated heterocycles. The summed E-state index contributed by atoms with van der Waals surface area (Å²) in [6, 6.07) is 9.74. The highest BCUT2D eigenvalue weighted by Gasteiger charge is 2.54. The first kappa shape index (κ1) is 14.0. The lowest BCUT2D eigenvalue weighted by Gasteiger charge is -2.41. The van der Waals surface area contributed by atoms with E-state index in [1.54, 1.807) is 12.1 Å². The van der Waals surface area contributed by atoms with Crippen LogP contribution in [0.3, 0.4) is 0 Å². The summed E-state index contributed by atoms with van der Waals surface area (Å²) in [7, 11) is 0. The van der Waals surface area contributed by atoms with Gasteiger partial charge in [0.05, 0.1) is 35.6 Å². The summed E-state index contributed by atoms with van der Waals surface area (Å²) >= 11 is 0. The molecule has 0 saturated carbocycles. The lowest BCUT2D eigenvalue weighted by molar-refractivity contribution is 0.275. The van der Waals surface area contributed by atoms with E-state index in [9.17, 15) is 15.8 Å². The maximum Gasteiger partial charge on any atom is 0.194 e. The van der Waals surface area contributed by atoms with E-state index < -0.39 is 11.3 Å². The van der Waals surface area contributed by atoms with Crippen molar-refractivity contribution in [1.82, 2.24) is 0 Å². The molecule has 1 heterocycles. The summed E-state index contributed by atoms with van der Waals surface area (Å²) in [6.45, 7) is 0. The van der Waals surface area contributed by atoms with Crippen molar-refractivity contribution in [2.24, 2.45) is 17.1 Å². The van der Waals surface area contributed by atoms with Gasteiger partial charge in [0.15, 0.2) is 5.41 Å². The van der Waals surface area contributed by atoms with Gasteiger partial charge in [-0.2, -0.15) is 15.8 Å². The van der Waals surface area contributed by atoms with Crippen molar-refractivity contribution in [3.63, 3.8) is 0 Å².